The molecule has 1 amide bonds. The summed E-state index contributed by atoms with van der Waals surface area (Å²) in [5.41, 5.74) is 0.177. The molecule has 4 nitrogen and oxygen atoms in total. The summed E-state index contributed by atoms with van der Waals surface area (Å²) in [7, 11) is 1.78. The van der Waals surface area contributed by atoms with Crippen molar-refractivity contribution >= 4 is 5.91 Å². The molecule has 0 radical (unpaired) electrons. The molecule has 1 saturated carbocycles. The van der Waals surface area contributed by atoms with E-state index in [0.717, 1.165) is 58.0 Å². The van der Waals surface area contributed by atoms with Gasteiger partial charge in [-0.1, -0.05) is 19.3 Å². The highest BCUT2D eigenvalue weighted by Crippen LogP contribution is 2.40. The van der Waals surface area contributed by atoms with Gasteiger partial charge in [-0.05, 0) is 51.0 Å². The van der Waals surface area contributed by atoms with Crippen molar-refractivity contribution in [1.29, 1.82) is 0 Å². The van der Waals surface area contributed by atoms with Crippen molar-refractivity contribution in [3.63, 3.8) is 0 Å². The molecule has 23 heavy (non-hydrogen) atoms. The molecule has 0 aromatic carbocycles. The fourth-order valence-electron chi connectivity index (χ4n) is 5.00. The standard InChI is InChI=1S/C19H34N2O2/c1-23-15-14-20-12-5-9-19(11-13-20)10-8-18(22)21(19)16-17-6-3-2-4-7-17/h17H,2-16H2,1H3. The van der Waals surface area contributed by atoms with Crippen LogP contribution in [-0.4, -0.2) is 61.1 Å². The number of hydrogen-bond acceptors (Lipinski definition) is 3. The molecule has 4 heteroatoms. The van der Waals surface area contributed by atoms with E-state index >= 15 is 0 Å². The molecule has 3 rings (SSSR count). The lowest BCUT2D eigenvalue weighted by molar-refractivity contribution is -0.132. The van der Waals surface area contributed by atoms with Gasteiger partial charge in [0.15, 0.2) is 0 Å². The minimum Gasteiger partial charge on any atom is -0.383 e. The van der Waals surface area contributed by atoms with Crippen LogP contribution in [0.5, 0.6) is 0 Å². The molecule has 132 valence electrons. The number of likely N-dealkylation sites (tertiary alicyclic amines) is 2. The highest BCUT2D eigenvalue weighted by atomic mass is 16.5. The normalized spacial score (nSPS) is 31.0. The van der Waals surface area contributed by atoms with E-state index in [0.29, 0.717) is 5.91 Å². The van der Waals surface area contributed by atoms with Crippen LogP contribution in [0.1, 0.15) is 64.2 Å². The highest BCUT2D eigenvalue weighted by Gasteiger charge is 2.46. The molecule has 1 spiro atoms. The second-order valence-corrected chi connectivity index (χ2v) is 7.92. The second-order valence-electron chi connectivity index (χ2n) is 7.92. The molecular weight excluding hydrogens is 288 g/mol. The van der Waals surface area contributed by atoms with Crippen LogP contribution < -0.4 is 0 Å². The van der Waals surface area contributed by atoms with Gasteiger partial charge in [-0.15, -0.1) is 0 Å². The summed E-state index contributed by atoms with van der Waals surface area (Å²) >= 11 is 0. The summed E-state index contributed by atoms with van der Waals surface area (Å²) in [6, 6.07) is 0. The highest BCUT2D eigenvalue weighted by molar-refractivity contribution is 5.79. The van der Waals surface area contributed by atoms with Gasteiger partial charge in [0, 0.05) is 38.7 Å². The van der Waals surface area contributed by atoms with Crippen LogP contribution in [0, 0.1) is 5.92 Å². The maximum Gasteiger partial charge on any atom is 0.223 e. The van der Waals surface area contributed by atoms with Crippen molar-refractivity contribution in [2.24, 2.45) is 5.92 Å². The molecule has 0 aromatic heterocycles. The average molecular weight is 322 g/mol. The van der Waals surface area contributed by atoms with Crippen LogP contribution in [0.4, 0.5) is 0 Å². The Morgan fingerprint density at radius 2 is 1.91 bits per heavy atom. The summed E-state index contributed by atoms with van der Waals surface area (Å²) in [5, 5.41) is 0. The van der Waals surface area contributed by atoms with E-state index in [1.807, 2.05) is 0 Å². The Hall–Kier alpha value is -0.610. The van der Waals surface area contributed by atoms with E-state index in [9.17, 15) is 4.79 Å². The molecule has 2 saturated heterocycles. The smallest absolute Gasteiger partial charge is 0.223 e. The molecule has 0 aromatic rings. The van der Waals surface area contributed by atoms with Gasteiger partial charge in [-0.25, -0.2) is 0 Å². The predicted molar refractivity (Wildman–Crippen MR) is 92.4 cm³/mol. The Balaban J connectivity index is 1.62. The van der Waals surface area contributed by atoms with E-state index in [2.05, 4.69) is 9.80 Å². The predicted octanol–water partition coefficient (Wildman–Crippen LogP) is 3.06. The first-order valence-electron chi connectivity index (χ1n) is 9.75. The van der Waals surface area contributed by atoms with Gasteiger partial charge in [0.1, 0.15) is 0 Å². The zero-order valence-corrected chi connectivity index (χ0v) is 14.9. The van der Waals surface area contributed by atoms with Crippen LogP contribution in [0.3, 0.4) is 0 Å². The Labute approximate surface area is 141 Å². The van der Waals surface area contributed by atoms with Crippen LogP contribution in [0.2, 0.25) is 0 Å². The van der Waals surface area contributed by atoms with Crippen LogP contribution in [-0.2, 0) is 9.53 Å². The van der Waals surface area contributed by atoms with Gasteiger partial charge >= 0.3 is 0 Å². The number of amides is 1. The maximum atomic E-state index is 12.6. The number of methoxy groups -OCH3 is 1. The molecule has 0 N–H and O–H groups in total. The topological polar surface area (TPSA) is 32.8 Å². The molecule has 1 atom stereocenters. The summed E-state index contributed by atoms with van der Waals surface area (Å²) in [6.45, 7) is 5.17. The lowest BCUT2D eigenvalue weighted by Crippen LogP contribution is -2.48. The second kappa shape index (κ2) is 7.98. The Kier molecular flexibility index (Phi) is 5.97. The van der Waals surface area contributed by atoms with E-state index in [1.54, 1.807) is 7.11 Å². The number of nitrogens with zero attached hydrogens (tertiary/aromatic N) is 2. The molecular formula is C19H34N2O2. The first-order chi connectivity index (χ1) is 11.2. The molecule has 2 aliphatic heterocycles. The minimum atomic E-state index is 0.177. The number of rotatable bonds is 5. The van der Waals surface area contributed by atoms with Crippen molar-refractivity contribution < 1.29 is 9.53 Å². The number of carbonyl (C=O) groups is 1. The van der Waals surface area contributed by atoms with Crippen LogP contribution in [0.25, 0.3) is 0 Å². The van der Waals surface area contributed by atoms with Crippen molar-refractivity contribution in [3.05, 3.63) is 0 Å². The van der Waals surface area contributed by atoms with Gasteiger partial charge in [0.25, 0.3) is 0 Å². The van der Waals surface area contributed by atoms with Gasteiger partial charge < -0.3 is 14.5 Å². The lowest BCUT2D eigenvalue weighted by atomic mass is 9.84. The third-order valence-corrected chi connectivity index (χ3v) is 6.46. The maximum absolute atomic E-state index is 12.6. The first kappa shape index (κ1) is 17.2. The SMILES string of the molecule is COCCN1CCCC2(CCC(=O)N2CC2CCCCC2)CC1. The van der Waals surface area contributed by atoms with Gasteiger partial charge in [0.2, 0.25) is 5.91 Å². The number of ether oxygens (including phenoxy) is 1. The average Bonchev–Trinajstić information content (AvgIpc) is 2.75. The lowest BCUT2D eigenvalue weighted by Gasteiger charge is -2.41. The molecule has 3 aliphatic rings. The Bertz CT molecular complexity index is 395. The first-order valence-corrected chi connectivity index (χ1v) is 9.75. The fraction of sp³-hybridized carbons (Fsp3) is 0.947. The molecule has 3 fully saturated rings. The minimum absolute atomic E-state index is 0.177. The van der Waals surface area contributed by atoms with E-state index in [4.69, 9.17) is 4.74 Å². The Morgan fingerprint density at radius 3 is 2.70 bits per heavy atom. The van der Waals surface area contributed by atoms with Crippen molar-refractivity contribution in [2.45, 2.75) is 69.7 Å². The number of hydrogen-bond donors (Lipinski definition) is 0. The van der Waals surface area contributed by atoms with E-state index < -0.39 is 0 Å². The van der Waals surface area contributed by atoms with Crippen molar-refractivity contribution in [1.82, 2.24) is 9.80 Å². The number of carbonyl (C=O) groups excluding carboxylic acids is 1. The zero-order chi connectivity index (χ0) is 16.1. The summed E-state index contributed by atoms with van der Waals surface area (Å²) in [4.78, 5) is 17.4. The molecule has 1 unspecified atom stereocenters. The molecule has 0 bridgehead atoms. The van der Waals surface area contributed by atoms with Gasteiger partial charge in [0.05, 0.1) is 6.61 Å². The fourth-order valence-corrected chi connectivity index (χ4v) is 5.00. The van der Waals surface area contributed by atoms with Crippen molar-refractivity contribution in [3.8, 4) is 0 Å². The van der Waals surface area contributed by atoms with Crippen LogP contribution in [0.15, 0.2) is 0 Å². The summed E-state index contributed by atoms with van der Waals surface area (Å²) in [6.07, 6.45) is 12.3. The third kappa shape index (κ3) is 4.08. The van der Waals surface area contributed by atoms with E-state index in [1.165, 1.54) is 44.9 Å². The zero-order valence-electron chi connectivity index (χ0n) is 14.9. The molecule has 1 aliphatic carbocycles. The van der Waals surface area contributed by atoms with Crippen molar-refractivity contribution in [2.75, 3.05) is 39.9 Å². The Morgan fingerprint density at radius 1 is 1.09 bits per heavy atom. The van der Waals surface area contributed by atoms with E-state index in [-0.39, 0.29) is 5.54 Å². The quantitative estimate of drug-likeness (QED) is 0.780. The van der Waals surface area contributed by atoms with Crippen LogP contribution >= 0.6 is 0 Å². The van der Waals surface area contributed by atoms with Gasteiger partial charge in [-0.2, -0.15) is 0 Å². The largest absolute Gasteiger partial charge is 0.383 e. The monoisotopic (exact) mass is 322 g/mol. The van der Waals surface area contributed by atoms with Gasteiger partial charge in [-0.3, -0.25) is 4.79 Å². The summed E-state index contributed by atoms with van der Waals surface area (Å²) < 4.78 is 5.23. The third-order valence-electron chi connectivity index (χ3n) is 6.46. The molecule has 2 heterocycles. The summed E-state index contributed by atoms with van der Waals surface area (Å²) in [5.74, 6) is 1.19.